The molecule has 0 aliphatic heterocycles. The van der Waals surface area contributed by atoms with Gasteiger partial charge < -0.3 is 11.1 Å². The Bertz CT molecular complexity index is 383. The Kier molecular flexibility index (Phi) is 18.5. The molecule has 0 aromatic carbocycles. The van der Waals surface area contributed by atoms with Gasteiger partial charge in [0.05, 0.1) is 0 Å². The molecule has 0 radical (unpaired) electrons. The van der Waals surface area contributed by atoms with Gasteiger partial charge in [0, 0.05) is 6.42 Å². The van der Waals surface area contributed by atoms with Crippen molar-refractivity contribution in [2.45, 2.75) is 136 Å². The molecule has 0 heterocycles. The van der Waals surface area contributed by atoms with Gasteiger partial charge in [0.2, 0.25) is 11.8 Å². The minimum Gasteiger partial charge on any atom is -0.368 e. The number of carbonyl (C=O) groups excluding carboxylic acids is 2. The van der Waals surface area contributed by atoms with Crippen LogP contribution in [0.2, 0.25) is 0 Å². The van der Waals surface area contributed by atoms with E-state index in [4.69, 9.17) is 5.73 Å². The van der Waals surface area contributed by atoms with Crippen LogP contribution >= 0.6 is 0 Å². The summed E-state index contributed by atoms with van der Waals surface area (Å²) in [6.07, 6.45) is 20.8. The van der Waals surface area contributed by atoms with Gasteiger partial charge in [-0.2, -0.15) is 0 Å². The number of nitrogens with one attached hydrogen (secondary N) is 1. The van der Waals surface area contributed by atoms with E-state index in [9.17, 15) is 9.59 Å². The predicted molar refractivity (Wildman–Crippen MR) is 120 cm³/mol. The second-order valence-electron chi connectivity index (χ2n) is 8.85. The maximum Gasteiger partial charge on any atom is 0.240 e. The largest absolute Gasteiger partial charge is 0.368 e. The molecule has 166 valence electrons. The topological polar surface area (TPSA) is 72.2 Å². The number of hydrogen-bond acceptors (Lipinski definition) is 2. The van der Waals surface area contributed by atoms with Crippen LogP contribution in [0.1, 0.15) is 130 Å². The zero-order chi connectivity index (χ0) is 21.0. The Hall–Kier alpha value is -1.06. The minimum atomic E-state index is -0.524. The lowest BCUT2D eigenvalue weighted by atomic mass is 10.0. The number of carbonyl (C=O) groups is 2. The molecule has 0 aliphatic carbocycles. The molecule has 0 unspecified atom stereocenters. The lowest BCUT2D eigenvalue weighted by Gasteiger charge is -2.17. The van der Waals surface area contributed by atoms with E-state index in [1.165, 1.54) is 83.5 Å². The first-order chi connectivity index (χ1) is 13.5. The molecule has 3 N–H and O–H groups in total. The van der Waals surface area contributed by atoms with E-state index in [1.807, 2.05) is 13.8 Å². The molecule has 4 heteroatoms. The number of nitrogens with two attached hydrogens (primary N) is 1. The van der Waals surface area contributed by atoms with Crippen molar-refractivity contribution < 1.29 is 9.59 Å². The van der Waals surface area contributed by atoms with Crippen molar-refractivity contribution in [3.05, 3.63) is 0 Å². The van der Waals surface area contributed by atoms with Gasteiger partial charge in [-0.25, -0.2) is 0 Å². The van der Waals surface area contributed by atoms with Crippen molar-refractivity contribution in [1.82, 2.24) is 5.32 Å². The van der Waals surface area contributed by atoms with E-state index in [0.29, 0.717) is 18.8 Å². The van der Waals surface area contributed by atoms with Crippen LogP contribution in [0.15, 0.2) is 0 Å². The Morgan fingerprint density at radius 2 is 1.11 bits per heavy atom. The highest BCUT2D eigenvalue weighted by Gasteiger charge is 2.18. The van der Waals surface area contributed by atoms with Crippen molar-refractivity contribution in [2.24, 2.45) is 11.7 Å². The zero-order valence-corrected chi connectivity index (χ0v) is 19.1. The molecule has 0 aromatic heterocycles. The van der Waals surface area contributed by atoms with E-state index >= 15 is 0 Å². The average molecular weight is 397 g/mol. The molecule has 0 rings (SSSR count). The Balaban J connectivity index is 3.40. The highest BCUT2D eigenvalue weighted by molar-refractivity contribution is 5.86. The summed E-state index contributed by atoms with van der Waals surface area (Å²) < 4.78 is 0. The van der Waals surface area contributed by atoms with Crippen molar-refractivity contribution in [1.29, 1.82) is 0 Å². The van der Waals surface area contributed by atoms with E-state index in [0.717, 1.165) is 12.8 Å². The summed E-state index contributed by atoms with van der Waals surface area (Å²) in [6.45, 7) is 6.32. The Morgan fingerprint density at radius 3 is 1.46 bits per heavy atom. The Labute approximate surface area is 174 Å². The van der Waals surface area contributed by atoms with E-state index < -0.39 is 11.9 Å². The monoisotopic (exact) mass is 396 g/mol. The van der Waals surface area contributed by atoms with Crippen molar-refractivity contribution in [2.75, 3.05) is 0 Å². The molecule has 0 aliphatic rings. The number of unbranched alkanes of at least 4 members (excludes halogenated alkanes) is 14. The van der Waals surface area contributed by atoms with E-state index in [1.54, 1.807) is 0 Å². The summed E-state index contributed by atoms with van der Waals surface area (Å²) in [6, 6.07) is -0.524. The second kappa shape index (κ2) is 19.3. The summed E-state index contributed by atoms with van der Waals surface area (Å²) in [5, 5.41) is 2.78. The highest BCUT2D eigenvalue weighted by Crippen LogP contribution is 2.14. The number of rotatable bonds is 20. The van der Waals surface area contributed by atoms with Crippen molar-refractivity contribution in [3.63, 3.8) is 0 Å². The van der Waals surface area contributed by atoms with Crippen LogP contribution in [-0.2, 0) is 9.59 Å². The molecular weight excluding hydrogens is 348 g/mol. The molecule has 0 fully saturated rings. The third kappa shape index (κ3) is 18.3. The number of amides is 2. The first-order valence-electron chi connectivity index (χ1n) is 12.1. The smallest absolute Gasteiger partial charge is 0.240 e. The van der Waals surface area contributed by atoms with E-state index in [2.05, 4.69) is 12.2 Å². The van der Waals surface area contributed by atoms with Gasteiger partial charge in [-0.1, -0.05) is 111 Å². The predicted octanol–water partition coefficient (Wildman–Crippen LogP) is 6.26. The van der Waals surface area contributed by atoms with Crippen LogP contribution in [0.5, 0.6) is 0 Å². The molecule has 4 nitrogen and oxygen atoms in total. The third-order valence-corrected chi connectivity index (χ3v) is 5.39. The summed E-state index contributed by atoms with van der Waals surface area (Å²) >= 11 is 0. The van der Waals surface area contributed by atoms with Crippen molar-refractivity contribution >= 4 is 11.8 Å². The normalized spacial score (nSPS) is 12.3. The van der Waals surface area contributed by atoms with Gasteiger partial charge in [-0.3, -0.25) is 9.59 Å². The second-order valence-corrected chi connectivity index (χ2v) is 8.85. The van der Waals surface area contributed by atoms with Gasteiger partial charge in [0.1, 0.15) is 6.04 Å². The van der Waals surface area contributed by atoms with Crippen LogP contribution in [0.4, 0.5) is 0 Å². The highest BCUT2D eigenvalue weighted by atomic mass is 16.2. The number of hydrogen-bond donors (Lipinski definition) is 2. The van der Waals surface area contributed by atoms with Crippen LogP contribution < -0.4 is 11.1 Å². The standard InChI is InChI=1S/C24H48N2O2/c1-4-5-6-7-8-9-10-11-12-13-14-15-16-17-18-19-23(27)26-22(24(25)28)20-21(2)3/h21-22H,4-20H2,1-3H3,(H2,25,28)(H,26,27)/t22-/m0/s1. The fourth-order valence-electron chi connectivity index (χ4n) is 3.64. The summed E-state index contributed by atoms with van der Waals surface area (Å²) in [7, 11) is 0. The SMILES string of the molecule is CCCCCCCCCCCCCCCCCC(=O)N[C@@H](CC(C)C)C(N)=O. The summed E-state index contributed by atoms with van der Waals surface area (Å²) in [5.74, 6) is -0.138. The van der Waals surface area contributed by atoms with Gasteiger partial charge >= 0.3 is 0 Å². The van der Waals surface area contributed by atoms with Crippen LogP contribution in [0.25, 0.3) is 0 Å². The molecule has 1 atom stereocenters. The molecule has 28 heavy (non-hydrogen) atoms. The molecule has 0 aromatic rings. The fourth-order valence-corrected chi connectivity index (χ4v) is 3.64. The fraction of sp³-hybridized carbons (Fsp3) is 0.917. The Morgan fingerprint density at radius 1 is 0.714 bits per heavy atom. The molecule has 0 spiro atoms. The molecule has 0 bridgehead atoms. The average Bonchev–Trinajstić information content (AvgIpc) is 2.64. The van der Waals surface area contributed by atoms with Crippen LogP contribution in [0, 0.1) is 5.92 Å². The van der Waals surface area contributed by atoms with Gasteiger partial charge in [0.15, 0.2) is 0 Å². The quantitative estimate of drug-likeness (QED) is 0.238. The first kappa shape index (κ1) is 26.9. The maximum atomic E-state index is 12.0. The summed E-state index contributed by atoms with van der Waals surface area (Å²) in [4.78, 5) is 23.3. The molecule has 0 saturated carbocycles. The lowest BCUT2D eigenvalue weighted by molar-refractivity contribution is -0.127. The van der Waals surface area contributed by atoms with Gasteiger partial charge in [-0.15, -0.1) is 0 Å². The van der Waals surface area contributed by atoms with Crippen molar-refractivity contribution in [3.8, 4) is 0 Å². The minimum absolute atomic E-state index is 0.0425. The van der Waals surface area contributed by atoms with Gasteiger partial charge in [0.25, 0.3) is 0 Å². The van der Waals surface area contributed by atoms with Crippen LogP contribution in [-0.4, -0.2) is 17.9 Å². The lowest BCUT2D eigenvalue weighted by Crippen LogP contribution is -2.45. The zero-order valence-electron chi connectivity index (χ0n) is 19.1. The molecule has 0 saturated heterocycles. The van der Waals surface area contributed by atoms with E-state index in [-0.39, 0.29) is 5.91 Å². The third-order valence-electron chi connectivity index (χ3n) is 5.39. The van der Waals surface area contributed by atoms with Gasteiger partial charge in [-0.05, 0) is 18.8 Å². The molecule has 2 amide bonds. The van der Waals surface area contributed by atoms with Crippen LogP contribution in [0.3, 0.4) is 0 Å². The first-order valence-corrected chi connectivity index (χ1v) is 12.1. The summed E-state index contributed by atoms with van der Waals surface area (Å²) in [5.41, 5.74) is 5.37. The number of primary amides is 1. The maximum absolute atomic E-state index is 12.0. The molecular formula is C24H48N2O2.